The van der Waals surface area contributed by atoms with Crippen LogP contribution in [0, 0.1) is 0 Å². The van der Waals surface area contributed by atoms with Gasteiger partial charge in [0.05, 0.1) is 45.0 Å². The summed E-state index contributed by atoms with van der Waals surface area (Å²) >= 11 is 0. The average Bonchev–Trinajstić information content (AvgIpc) is 3.92. The zero-order chi connectivity index (χ0) is 54.7. The van der Waals surface area contributed by atoms with Crippen LogP contribution in [0.25, 0.3) is 132 Å². The van der Waals surface area contributed by atoms with Crippen LogP contribution in [0.2, 0.25) is 0 Å². The minimum atomic E-state index is -0.366. The first kappa shape index (κ1) is 49.6. The van der Waals surface area contributed by atoms with E-state index in [-0.39, 0.29) is 18.3 Å². The van der Waals surface area contributed by atoms with E-state index in [9.17, 15) is 0 Å². The third-order valence-electron chi connectivity index (χ3n) is 16.4. The summed E-state index contributed by atoms with van der Waals surface area (Å²) < 4.78 is 12.5. The molecule has 1 saturated heterocycles. The second-order valence-electron chi connectivity index (χ2n) is 21.9. The lowest BCUT2D eigenvalue weighted by molar-refractivity contribution is 0.00578. The predicted octanol–water partition coefficient (Wildman–Crippen LogP) is 18.2. The second-order valence-corrected chi connectivity index (χ2v) is 21.9. The molecule has 0 amide bonds. The quantitative estimate of drug-likeness (QED) is 0.117. The topological polar surface area (TPSA) is 70.0 Å². The minimum Gasteiger partial charge on any atom is -0.399 e. The van der Waals surface area contributed by atoms with Gasteiger partial charge in [0.1, 0.15) is 0 Å². The van der Waals surface area contributed by atoms with Crippen molar-refractivity contribution in [3.05, 3.63) is 261 Å². The Morgan fingerprint density at radius 3 is 1.10 bits per heavy atom. The van der Waals surface area contributed by atoms with Crippen LogP contribution in [0.1, 0.15) is 27.7 Å². The molecular formula is C74H55BN4O2. The molecule has 0 aliphatic carbocycles. The van der Waals surface area contributed by atoms with Crippen molar-refractivity contribution < 1.29 is 9.31 Å². The van der Waals surface area contributed by atoms with Crippen LogP contribution >= 0.6 is 0 Å². The van der Waals surface area contributed by atoms with Crippen molar-refractivity contribution in [3.8, 4) is 67.5 Å². The zero-order valence-corrected chi connectivity index (χ0v) is 45.5. The highest BCUT2D eigenvalue weighted by Crippen LogP contribution is 2.43. The standard InChI is InChI=1S/C45H29N3.C29H26BNO2/c1-4-15-32(16-5-1)43-40(44(33-17-6-2-7-18-33)48-45(47-43)35-19-8-3-9-20-35)31-24-26-34(27-25-31)42-38-29-28-30-14-10-11-21-36(30)41(38)37-22-12-13-23-39(37)46-42;1-28(2)29(3,4)33-30(32-28)21-16-13-20(14-17-21)27-24-18-15-19-9-5-6-10-22(19)26(24)23-11-7-8-12-25(23)31-27/h1-29H;5-18H,1-4H3. The number of pyridine rings is 2. The molecule has 11 aromatic carbocycles. The summed E-state index contributed by atoms with van der Waals surface area (Å²) in [5.41, 5.74) is 13.3. The van der Waals surface area contributed by atoms with Crippen molar-refractivity contribution in [2.75, 3.05) is 0 Å². The Morgan fingerprint density at radius 1 is 0.284 bits per heavy atom. The van der Waals surface area contributed by atoms with E-state index in [2.05, 4.69) is 258 Å². The first-order valence-electron chi connectivity index (χ1n) is 27.7. The number of aromatic nitrogens is 4. The molecule has 7 heteroatoms. The summed E-state index contributed by atoms with van der Waals surface area (Å²) in [6.07, 6.45) is 0. The molecule has 6 nitrogen and oxygen atoms in total. The van der Waals surface area contributed by atoms with Gasteiger partial charge < -0.3 is 9.31 Å². The lowest BCUT2D eigenvalue weighted by atomic mass is 9.78. The molecule has 1 aliphatic heterocycles. The molecule has 4 heterocycles. The van der Waals surface area contributed by atoms with Gasteiger partial charge in [-0.15, -0.1) is 0 Å². The van der Waals surface area contributed by atoms with Crippen molar-refractivity contribution in [2.24, 2.45) is 0 Å². The lowest BCUT2D eigenvalue weighted by Crippen LogP contribution is -2.41. The van der Waals surface area contributed by atoms with Crippen molar-refractivity contribution in [2.45, 2.75) is 38.9 Å². The van der Waals surface area contributed by atoms with Gasteiger partial charge in [-0.1, -0.05) is 249 Å². The molecule has 1 fully saturated rings. The van der Waals surface area contributed by atoms with Gasteiger partial charge >= 0.3 is 7.12 Å². The number of hydrogen-bond donors (Lipinski definition) is 0. The number of nitrogens with zero attached hydrogens (tertiary/aromatic N) is 4. The molecule has 0 N–H and O–H groups in total. The van der Waals surface area contributed by atoms with Crippen LogP contribution in [0.4, 0.5) is 0 Å². The highest BCUT2D eigenvalue weighted by atomic mass is 16.7. The lowest BCUT2D eigenvalue weighted by Gasteiger charge is -2.32. The van der Waals surface area contributed by atoms with E-state index >= 15 is 0 Å². The Kier molecular flexibility index (Phi) is 12.4. The number of hydrogen-bond acceptors (Lipinski definition) is 6. The second kappa shape index (κ2) is 20.2. The summed E-state index contributed by atoms with van der Waals surface area (Å²) in [7, 11) is -0.366. The van der Waals surface area contributed by atoms with E-state index < -0.39 is 0 Å². The molecule has 3 aromatic heterocycles. The van der Waals surface area contributed by atoms with Crippen LogP contribution in [0.15, 0.2) is 261 Å². The van der Waals surface area contributed by atoms with Gasteiger partial charge in [-0.3, -0.25) is 0 Å². The fourth-order valence-corrected chi connectivity index (χ4v) is 11.5. The third kappa shape index (κ3) is 8.97. The SMILES string of the molecule is CC1(C)OB(c2ccc(-c3nc4ccccc4c4c3ccc3ccccc34)cc2)OC1(C)C.c1ccc(-c2nc(-c3ccccc3)c(-c3ccc(-c4nc5ccccc5c5c4ccc4ccccc45)cc3)c(-c3ccccc3)n2)cc1. The molecule has 0 saturated carbocycles. The monoisotopic (exact) mass is 1040 g/mol. The Bertz CT molecular complexity index is 4580. The normalized spacial score (nSPS) is 13.8. The first-order chi connectivity index (χ1) is 39.7. The Hall–Kier alpha value is -9.66. The van der Waals surface area contributed by atoms with E-state index in [1.807, 2.05) is 30.3 Å². The molecule has 386 valence electrons. The number of fused-ring (bicyclic) bond motifs is 10. The first-order valence-corrected chi connectivity index (χ1v) is 27.7. The fourth-order valence-electron chi connectivity index (χ4n) is 11.5. The average molecular weight is 1040 g/mol. The molecule has 0 atom stereocenters. The minimum absolute atomic E-state index is 0.354. The van der Waals surface area contributed by atoms with E-state index in [1.165, 1.54) is 43.1 Å². The molecule has 0 bridgehead atoms. The smallest absolute Gasteiger partial charge is 0.399 e. The Morgan fingerprint density at radius 2 is 0.642 bits per heavy atom. The van der Waals surface area contributed by atoms with E-state index in [0.29, 0.717) is 5.82 Å². The summed E-state index contributed by atoms with van der Waals surface area (Å²) in [6, 6.07) is 91.1. The van der Waals surface area contributed by atoms with Crippen LogP contribution < -0.4 is 5.46 Å². The highest BCUT2D eigenvalue weighted by Gasteiger charge is 2.51. The predicted molar refractivity (Wildman–Crippen MR) is 337 cm³/mol. The van der Waals surface area contributed by atoms with Crippen LogP contribution in [-0.2, 0) is 9.31 Å². The van der Waals surface area contributed by atoms with Gasteiger partial charge in [-0.25, -0.2) is 19.9 Å². The fraction of sp³-hybridized carbons (Fsp3) is 0.0811. The maximum absolute atomic E-state index is 6.23. The van der Waals surface area contributed by atoms with E-state index in [1.54, 1.807) is 0 Å². The van der Waals surface area contributed by atoms with Gasteiger partial charge in [-0.05, 0) is 72.4 Å². The molecule has 1 aliphatic rings. The van der Waals surface area contributed by atoms with E-state index in [0.717, 1.165) is 89.0 Å². The van der Waals surface area contributed by atoms with Gasteiger partial charge in [0.15, 0.2) is 5.82 Å². The van der Waals surface area contributed by atoms with Gasteiger partial charge in [-0.2, -0.15) is 0 Å². The third-order valence-corrected chi connectivity index (χ3v) is 16.4. The molecule has 0 spiro atoms. The van der Waals surface area contributed by atoms with Crippen molar-refractivity contribution in [3.63, 3.8) is 0 Å². The Labute approximate surface area is 471 Å². The van der Waals surface area contributed by atoms with Crippen molar-refractivity contribution >= 4 is 77.5 Å². The Balaban J connectivity index is 0.000000156. The molecule has 0 radical (unpaired) electrons. The largest absolute Gasteiger partial charge is 0.494 e. The van der Waals surface area contributed by atoms with E-state index in [4.69, 9.17) is 29.2 Å². The molecular weight excluding hydrogens is 988 g/mol. The zero-order valence-electron chi connectivity index (χ0n) is 45.5. The van der Waals surface area contributed by atoms with Crippen molar-refractivity contribution in [1.29, 1.82) is 0 Å². The molecule has 0 unspecified atom stereocenters. The van der Waals surface area contributed by atoms with Crippen LogP contribution in [0.3, 0.4) is 0 Å². The van der Waals surface area contributed by atoms with Crippen molar-refractivity contribution in [1.82, 2.24) is 19.9 Å². The maximum atomic E-state index is 6.23. The number of para-hydroxylation sites is 2. The summed E-state index contributed by atoms with van der Waals surface area (Å²) in [5, 5.41) is 12.1. The van der Waals surface area contributed by atoms with Crippen LogP contribution in [-0.4, -0.2) is 38.3 Å². The van der Waals surface area contributed by atoms with Gasteiger partial charge in [0, 0.05) is 65.7 Å². The summed E-state index contributed by atoms with van der Waals surface area (Å²) in [5.74, 6) is 0.702. The van der Waals surface area contributed by atoms with Gasteiger partial charge in [0.2, 0.25) is 0 Å². The number of benzene rings is 11. The number of rotatable bonds is 7. The summed E-state index contributed by atoms with van der Waals surface area (Å²) in [4.78, 5) is 20.8. The molecule has 81 heavy (non-hydrogen) atoms. The molecule has 15 rings (SSSR count). The van der Waals surface area contributed by atoms with Crippen LogP contribution in [0.5, 0.6) is 0 Å². The maximum Gasteiger partial charge on any atom is 0.494 e. The highest BCUT2D eigenvalue weighted by molar-refractivity contribution is 6.62. The molecule has 14 aromatic rings. The summed E-state index contributed by atoms with van der Waals surface area (Å²) in [6.45, 7) is 8.32. The van der Waals surface area contributed by atoms with Gasteiger partial charge in [0.25, 0.3) is 0 Å².